The molecule has 0 bridgehead atoms. The lowest BCUT2D eigenvalue weighted by Crippen LogP contribution is -2.10. The Morgan fingerprint density at radius 3 is 1.16 bits per heavy atom. The van der Waals surface area contributed by atoms with E-state index in [0.29, 0.717) is 89.0 Å². The van der Waals surface area contributed by atoms with Gasteiger partial charge >= 0.3 is 0 Å². The molecule has 0 atom stereocenters. The van der Waals surface area contributed by atoms with Crippen LogP contribution >= 0.6 is 25.3 Å². The van der Waals surface area contributed by atoms with Gasteiger partial charge in [-0.05, 0) is 271 Å². The zero-order chi connectivity index (χ0) is 75.8. The fourth-order valence-corrected chi connectivity index (χ4v) is 12.4. The van der Waals surface area contributed by atoms with Gasteiger partial charge < -0.3 is 100.0 Å². The number of aryl methyl sites for hydroxylation is 4. The number of hydrogen-bond acceptors (Lipinski definition) is 22. The average molecular weight is 1440 g/mol. The highest BCUT2D eigenvalue weighted by molar-refractivity contribution is 7.86. The maximum absolute atomic E-state index is 11.1. The highest BCUT2D eigenvalue weighted by atomic mass is 32.2. The van der Waals surface area contributed by atoms with Gasteiger partial charge in [-0.2, -0.15) is 8.42 Å². The second-order valence-electron chi connectivity index (χ2n) is 24.3. The lowest BCUT2D eigenvalue weighted by molar-refractivity contribution is 0.282. The highest BCUT2D eigenvalue weighted by Gasteiger charge is 2.23. The van der Waals surface area contributed by atoms with E-state index in [9.17, 15) is 18.6 Å². The minimum absolute atomic E-state index is 0.0755. The van der Waals surface area contributed by atoms with Gasteiger partial charge in [0.2, 0.25) is 0 Å². The van der Waals surface area contributed by atoms with Crippen molar-refractivity contribution in [1.29, 1.82) is 0 Å². The molecule has 0 aliphatic heterocycles. The molecule has 0 saturated heterocycles. The van der Waals surface area contributed by atoms with Crippen molar-refractivity contribution >= 4 is 115 Å². The molecule has 12 rings (SSSR count). The molecular weight excluding hydrogens is 1340 g/mol. The lowest BCUT2D eigenvalue weighted by atomic mass is 9.98. The van der Waals surface area contributed by atoms with E-state index in [0.717, 1.165) is 90.6 Å². The summed E-state index contributed by atoms with van der Waals surface area (Å²) < 4.78 is 41.8. The average Bonchev–Trinajstić information content (AvgIpc) is 1.30. The summed E-state index contributed by atoms with van der Waals surface area (Å²) in [6.45, 7) is 12.6. The summed E-state index contributed by atoms with van der Waals surface area (Å²) in [5.41, 5.74) is 107. The summed E-state index contributed by atoms with van der Waals surface area (Å²) in [6, 6.07) is 53.4. The lowest BCUT2D eigenvalue weighted by Gasteiger charge is -2.15. The summed E-state index contributed by atoms with van der Waals surface area (Å²) in [4.78, 5) is 1.19. The summed E-state index contributed by atoms with van der Waals surface area (Å²) in [7, 11) is -1.11. The monoisotopic (exact) mass is 1430 g/mol. The van der Waals surface area contributed by atoms with E-state index < -0.39 is 10.1 Å². The first-order valence-corrected chi connectivity index (χ1v) is 34.0. The minimum atomic E-state index is -4.29. The number of ether oxygens (including phenoxy) is 2. The van der Waals surface area contributed by atoms with Gasteiger partial charge in [-0.15, -0.1) is 25.3 Å². The third-order valence-corrected chi connectivity index (χ3v) is 18.7. The van der Waals surface area contributed by atoms with E-state index in [1.54, 1.807) is 69.7 Å². The Kier molecular flexibility index (Phi) is 27.5. The molecule has 0 heterocycles. The molecule has 31 N–H and O–H groups in total. The van der Waals surface area contributed by atoms with Gasteiger partial charge in [-0.3, -0.25) is 4.55 Å². The molecule has 0 fully saturated rings. The van der Waals surface area contributed by atoms with E-state index in [2.05, 4.69) is 49.5 Å². The Labute approximate surface area is 608 Å². The van der Waals surface area contributed by atoms with E-state index in [4.69, 9.17) is 94.3 Å². The predicted molar refractivity (Wildman–Crippen MR) is 434 cm³/mol. The van der Waals surface area contributed by atoms with Crippen LogP contribution in [0, 0.1) is 48.5 Å². The predicted octanol–water partition coefficient (Wildman–Crippen LogP) is 13.5. The number of anilines is 14. The standard InChI is InChI=1S/2C14H16N2O2.C14H16N2.C13H12N2.C9H14N2O3S.C8H12N2.C6H8N2S2/c1-18-14-7-11(16)3-5-13(14)12-4-2-10(15)6-9(12)8-17;1-18-14-7-10(3-5-13(14)16)9-2-4-12(15)11(6-9)8-17;1-9-7-11(3-5-13(9)15)12-4-6-14(16)10(2)8-12;14-10-1-3-12-8(6-10)5-9-7-11(15)2-4-13(9)12;1-4-7(10)5(2)9(15(12,13)14)6(3)8(4)11;1-5-3-7(9)4-6(2)8(5)10;7-3-1-5(9)4(8)2-6(3)10/h2*2-7,17H,8,15-16H2,1H3;3-8H,15-16H2,1-2H3;1-4,6-7H,5,14-15H2;10-11H2,1-3H3,(H,12,13,14);3-4H,9-10H2,1-2H3;1-2,9-10H,7-8H2. The first kappa shape index (κ1) is 79.7. The molecule has 0 spiro atoms. The minimum Gasteiger partial charge on any atom is -0.496 e. The normalized spacial score (nSPS) is 10.7. The Hall–Kier alpha value is -11.3. The molecular formula is C78H94N14O7S3. The first-order valence-electron chi connectivity index (χ1n) is 31.7. The molecule has 24 heteroatoms. The summed E-state index contributed by atoms with van der Waals surface area (Å²) in [6.07, 6.45) is 0.945. The fourth-order valence-electron chi connectivity index (χ4n) is 10.9. The largest absolute Gasteiger partial charge is 0.496 e. The van der Waals surface area contributed by atoms with Gasteiger partial charge in [0.15, 0.2) is 0 Å². The SMILES string of the molecule is COc1cc(-c2ccc(N)c(CO)c2)ccc1N.COc1cc(N)ccc1-c1ccc(N)cc1CO.Cc1c(N)c(C)c(S(=O)(=O)O)c(C)c1N.Cc1cc(-c2ccc(N)c(C)c2)ccc1N.Cc1cc(N)cc(C)c1N.Nc1cc(S)c(N)cc1S.Nc1ccc2c(c1)Cc1cc(N)ccc1-2. The number of rotatable bonds is 8. The van der Waals surface area contributed by atoms with Gasteiger partial charge in [0, 0.05) is 101 Å². The van der Waals surface area contributed by atoms with Crippen LogP contribution in [-0.2, 0) is 29.8 Å². The topological polar surface area (TPSA) is 478 Å². The zero-order valence-corrected chi connectivity index (χ0v) is 61.3. The first-order chi connectivity index (χ1) is 48.0. The number of benzene rings is 11. The van der Waals surface area contributed by atoms with E-state index >= 15 is 0 Å². The van der Waals surface area contributed by atoms with Crippen LogP contribution in [0.5, 0.6) is 11.5 Å². The number of methoxy groups -OCH3 is 2. The van der Waals surface area contributed by atoms with Crippen molar-refractivity contribution in [3.8, 4) is 56.0 Å². The number of nitrogen functional groups attached to an aromatic ring is 14. The van der Waals surface area contributed by atoms with Gasteiger partial charge in [0.1, 0.15) is 16.4 Å². The van der Waals surface area contributed by atoms with E-state index in [1.165, 1.54) is 47.2 Å². The maximum Gasteiger partial charge on any atom is 0.295 e. The van der Waals surface area contributed by atoms with Crippen molar-refractivity contribution in [2.45, 2.75) is 82.8 Å². The van der Waals surface area contributed by atoms with Gasteiger partial charge in [0.05, 0.1) is 33.1 Å². The summed E-state index contributed by atoms with van der Waals surface area (Å²) >= 11 is 8.15. The molecule has 0 saturated carbocycles. The number of thiol groups is 2. The number of nitrogens with two attached hydrogens (primary N) is 14. The number of hydrogen-bond donors (Lipinski definition) is 19. The Bertz CT molecular complexity index is 4650. The highest BCUT2D eigenvalue weighted by Crippen LogP contribution is 2.40. The van der Waals surface area contributed by atoms with Crippen molar-refractivity contribution in [1.82, 2.24) is 0 Å². The van der Waals surface area contributed by atoms with Crippen LogP contribution in [0.4, 0.5) is 79.6 Å². The van der Waals surface area contributed by atoms with Crippen LogP contribution in [0.3, 0.4) is 0 Å². The smallest absolute Gasteiger partial charge is 0.295 e. The van der Waals surface area contributed by atoms with Gasteiger partial charge in [-0.1, -0.05) is 42.5 Å². The third-order valence-electron chi connectivity index (χ3n) is 16.8. The second kappa shape index (κ2) is 35.2. The second-order valence-corrected chi connectivity index (χ2v) is 26.6. The van der Waals surface area contributed by atoms with Gasteiger partial charge in [0.25, 0.3) is 10.1 Å². The van der Waals surface area contributed by atoms with Crippen LogP contribution in [0.15, 0.2) is 185 Å². The van der Waals surface area contributed by atoms with Crippen molar-refractivity contribution in [2.24, 2.45) is 0 Å². The molecule has 1 aliphatic carbocycles. The van der Waals surface area contributed by atoms with Crippen LogP contribution in [-0.4, -0.2) is 37.4 Å². The quantitative estimate of drug-likeness (QED) is 0.0382. The van der Waals surface area contributed by atoms with Crippen molar-refractivity contribution < 1.29 is 32.7 Å². The van der Waals surface area contributed by atoms with Gasteiger partial charge in [-0.25, -0.2) is 0 Å². The van der Waals surface area contributed by atoms with Crippen molar-refractivity contribution in [3.63, 3.8) is 0 Å². The van der Waals surface area contributed by atoms with E-state index in [-0.39, 0.29) is 18.1 Å². The zero-order valence-electron chi connectivity index (χ0n) is 58.6. The molecule has 0 aromatic heterocycles. The molecule has 21 nitrogen and oxygen atoms in total. The van der Waals surface area contributed by atoms with Crippen molar-refractivity contribution in [3.05, 3.63) is 231 Å². The number of fused-ring (bicyclic) bond motifs is 3. The molecule has 11 aromatic rings. The molecule has 0 amide bonds. The Balaban J connectivity index is 0.000000189. The Morgan fingerprint density at radius 2 is 0.735 bits per heavy atom. The maximum atomic E-state index is 11.1. The van der Waals surface area contributed by atoms with Crippen LogP contribution < -0.4 is 89.7 Å². The van der Waals surface area contributed by atoms with E-state index in [1.807, 2.05) is 125 Å². The molecule has 0 unspecified atom stereocenters. The van der Waals surface area contributed by atoms with Crippen molar-refractivity contribution in [2.75, 3.05) is 94.5 Å². The number of aliphatic hydroxyl groups excluding tert-OH is 2. The Morgan fingerprint density at radius 1 is 0.353 bits per heavy atom. The summed E-state index contributed by atoms with van der Waals surface area (Å²) in [5, 5.41) is 18.6. The van der Waals surface area contributed by atoms with Crippen LogP contribution in [0.25, 0.3) is 44.5 Å². The van der Waals surface area contributed by atoms with Crippen LogP contribution in [0.1, 0.15) is 61.2 Å². The molecule has 1 aliphatic rings. The molecule has 11 aromatic carbocycles. The fraction of sp³-hybridized carbons (Fsp3) is 0.154. The van der Waals surface area contributed by atoms with Crippen LogP contribution in [0.2, 0.25) is 0 Å². The molecule has 0 radical (unpaired) electrons. The molecule has 536 valence electrons. The molecule has 102 heavy (non-hydrogen) atoms. The number of aliphatic hydroxyl groups is 2. The third kappa shape index (κ3) is 20.5. The summed E-state index contributed by atoms with van der Waals surface area (Å²) in [5.74, 6) is 1.31.